The zero-order chi connectivity index (χ0) is 17.7. The number of carboxylic acid groups (broad SMARTS) is 1. The fraction of sp³-hybridized carbons (Fsp3) is 0.312. The van der Waals surface area contributed by atoms with Gasteiger partial charge in [0.25, 0.3) is 5.91 Å². The number of aliphatic carboxylic acids is 1. The minimum absolute atomic E-state index is 0.0205. The van der Waals surface area contributed by atoms with Crippen LogP contribution in [0.3, 0.4) is 0 Å². The Labute approximate surface area is 149 Å². The molecule has 1 aliphatic rings. The highest BCUT2D eigenvalue weighted by Gasteiger charge is 2.31. The summed E-state index contributed by atoms with van der Waals surface area (Å²) in [6.45, 7) is 2.50. The van der Waals surface area contributed by atoms with Gasteiger partial charge in [0.2, 0.25) is 0 Å². The lowest BCUT2D eigenvalue weighted by molar-refractivity contribution is -0.137. The van der Waals surface area contributed by atoms with E-state index in [0.29, 0.717) is 33.6 Å². The number of amides is 1. The smallest absolute Gasteiger partial charge is 0.303 e. The first-order valence-electron chi connectivity index (χ1n) is 7.36. The largest absolute Gasteiger partial charge is 0.504 e. The molecule has 0 unspecified atom stereocenters. The molecule has 0 radical (unpaired) electrons. The lowest BCUT2D eigenvalue weighted by atomic mass is 10.1. The van der Waals surface area contributed by atoms with Crippen LogP contribution >= 0.6 is 24.0 Å². The molecule has 0 aromatic heterocycles. The molecule has 2 N–H and O–H groups in total. The van der Waals surface area contributed by atoms with Gasteiger partial charge in [-0.2, -0.15) is 0 Å². The summed E-state index contributed by atoms with van der Waals surface area (Å²) in [6.07, 6.45) is 1.88. The number of thiocarbonyl (C=S) groups is 1. The van der Waals surface area contributed by atoms with Crippen molar-refractivity contribution in [3.05, 3.63) is 28.7 Å². The third kappa shape index (κ3) is 4.27. The highest BCUT2D eigenvalue weighted by Crippen LogP contribution is 2.36. The Morgan fingerprint density at radius 2 is 2.21 bits per heavy atom. The van der Waals surface area contributed by atoms with Gasteiger partial charge >= 0.3 is 5.97 Å². The molecule has 8 heteroatoms. The molecule has 0 bridgehead atoms. The van der Waals surface area contributed by atoms with Crippen LogP contribution in [0, 0.1) is 0 Å². The van der Waals surface area contributed by atoms with Crippen LogP contribution < -0.4 is 4.74 Å². The van der Waals surface area contributed by atoms with E-state index >= 15 is 0 Å². The number of rotatable bonds is 7. The topological polar surface area (TPSA) is 87.1 Å². The van der Waals surface area contributed by atoms with Crippen LogP contribution in [0.25, 0.3) is 6.08 Å². The van der Waals surface area contributed by atoms with Gasteiger partial charge in [0, 0.05) is 18.5 Å². The van der Waals surface area contributed by atoms with E-state index in [2.05, 4.69) is 0 Å². The molecule has 0 aliphatic carbocycles. The van der Waals surface area contributed by atoms with Crippen LogP contribution in [0.5, 0.6) is 11.5 Å². The third-order valence-corrected chi connectivity index (χ3v) is 4.64. The summed E-state index contributed by atoms with van der Waals surface area (Å²) in [7, 11) is 0. The average molecular weight is 367 g/mol. The van der Waals surface area contributed by atoms with Gasteiger partial charge in [-0.25, -0.2) is 0 Å². The number of hydrogen-bond donors (Lipinski definition) is 2. The Bertz CT molecular complexity index is 702. The summed E-state index contributed by atoms with van der Waals surface area (Å²) in [5, 5.41) is 18.9. The van der Waals surface area contributed by atoms with Crippen LogP contribution in [0.1, 0.15) is 25.3 Å². The van der Waals surface area contributed by atoms with E-state index in [4.69, 9.17) is 22.1 Å². The van der Waals surface area contributed by atoms with E-state index in [9.17, 15) is 14.7 Å². The maximum Gasteiger partial charge on any atom is 0.303 e. The van der Waals surface area contributed by atoms with Gasteiger partial charge in [0.05, 0.1) is 11.5 Å². The Balaban J connectivity index is 2.16. The number of carbonyl (C=O) groups is 2. The maximum atomic E-state index is 12.4. The lowest BCUT2D eigenvalue weighted by Gasteiger charge is -2.13. The van der Waals surface area contributed by atoms with Crippen molar-refractivity contribution in [3.8, 4) is 11.5 Å². The Morgan fingerprint density at radius 3 is 2.88 bits per heavy atom. The minimum atomic E-state index is -0.909. The van der Waals surface area contributed by atoms with E-state index in [0.717, 1.165) is 11.8 Å². The summed E-state index contributed by atoms with van der Waals surface area (Å²) in [6, 6.07) is 5.05. The van der Waals surface area contributed by atoms with Crippen molar-refractivity contribution >= 4 is 46.3 Å². The van der Waals surface area contributed by atoms with Gasteiger partial charge in [0.1, 0.15) is 4.32 Å². The predicted octanol–water partition coefficient (Wildman–Crippen LogP) is 2.86. The monoisotopic (exact) mass is 367 g/mol. The molecule has 1 aromatic carbocycles. The van der Waals surface area contributed by atoms with E-state index < -0.39 is 5.97 Å². The number of carbonyl (C=O) groups excluding carboxylic acids is 1. The van der Waals surface area contributed by atoms with Crippen LogP contribution in [0.4, 0.5) is 0 Å². The van der Waals surface area contributed by atoms with Gasteiger partial charge in [-0.1, -0.05) is 36.1 Å². The van der Waals surface area contributed by atoms with Crippen LogP contribution in [0.2, 0.25) is 0 Å². The van der Waals surface area contributed by atoms with Gasteiger partial charge in [-0.3, -0.25) is 14.5 Å². The summed E-state index contributed by atoms with van der Waals surface area (Å²) in [4.78, 5) is 24.8. The molecule has 1 saturated heterocycles. The number of para-hydroxylation sites is 1. The number of thioether (sulfide) groups is 1. The quantitative estimate of drug-likeness (QED) is 0.566. The summed E-state index contributed by atoms with van der Waals surface area (Å²) in [5.74, 6) is -0.871. The molecular formula is C16H17NO5S2. The summed E-state index contributed by atoms with van der Waals surface area (Å²) in [5.41, 5.74) is 0.465. The molecule has 0 atom stereocenters. The second-order valence-electron chi connectivity index (χ2n) is 4.96. The van der Waals surface area contributed by atoms with Gasteiger partial charge < -0.3 is 14.9 Å². The number of phenolic OH excluding ortho intramolecular Hbond substituents is 1. The van der Waals surface area contributed by atoms with Gasteiger partial charge in [-0.05, 0) is 25.5 Å². The van der Waals surface area contributed by atoms with E-state index in [1.807, 2.05) is 6.92 Å². The third-order valence-electron chi connectivity index (χ3n) is 3.26. The Kier molecular flexibility index (Phi) is 6.22. The normalized spacial score (nSPS) is 16.0. The average Bonchev–Trinajstić information content (AvgIpc) is 2.78. The van der Waals surface area contributed by atoms with Crippen LogP contribution in [-0.4, -0.2) is 44.5 Å². The zero-order valence-electron chi connectivity index (χ0n) is 13.0. The van der Waals surface area contributed by atoms with Crippen molar-refractivity contribution in [2.24, 2.45) is 0 Å². The highest BCUT2D eigenvalue weighted by molar-refractivity contribution is 8.26. The molecule has 1 amide bonds. The molecule has 1 heterocycles. The second-order valence-corrected chi connectivity index (χ2v) is 6.63. The Morgan fingerprint density at radius 1 is 1.46 bits per heavy atom. The van der Waals surface area contributed by atoms with Crippen molar-refractivity contribution in [1.29, 1.82) is 0 Å². The standard InChI is InChI=1S/C16H17NO5S2/c1-2-22-11-6-3-5-10(14(11)20)9-12-15(21)17(16(23)24-12)8-4-7-13(18)19/h3,5-6,9,20H,2,4,7-8H2,1H3,(H,18,19). The molecule has 24 heavy (non-hydrogen) atoms. The number of hydrogen-bond acceptors (Lipinski definition) is 6. The molecule has 0 saturated carbocycles. The first-order valence-corrected chi connectivity index (χ1v) is 8.58. The lowest BCUT2D eigenvalue weighted by Crippen LogP contribution is -2.29. The molecule has 1 aromatic rings. The molecule has 128 valence electrons. The Hall–Kier alpha value is -2.06. The minimum Gasteiger partial charge on any atom is -0.504 e. The number of nitrogens with zero attached hydrogens (tertiary/aromatic N) is 1. The van der Waals surface area contributed by atoms with E-state index in [1.54, 1.807) is 24.3 Å². The fourth-order valence-corrected chi connectivity index (χ4v) is 3.45. The van der Waals surface area contributed by atoms with Gasteiger partial charge in [0.15, 0.2) is 11.5 Å². The van der Waals surface area contributed by atoms with Crippen molar-refractivity contribution in [1.82, 2.24) is 4.90 Å². The predicted molar refractivity (Wildman–Crippen MR) is 96.0 cm³/mol. The summed E-state index contributed by atoms with van der Waals surface area (Å²) < 4.78 is 5.71. The number of carboxylic acids is 1. The highest BCUT2D eigenvalue weighted by atomic mass is 32.2. The number of ether oxygens (including phenoxy) is 1. The van der Waals surface area contributed by atoms with E-state index in [1.165, 1.54) is 4.90 Å². The van der Waals surface area contributed by atoms with Crippen molar-refractivity contribution in [3.63, 3.8) is 0 Å². The molecule has 0 spiro atoms. The van der Waals surface area contributed by atoms with Crippen LogP contribution in [-0.2, 0) is 9.59 Å². The fourth-order valence-electron chi connectivity index (χ4n) is 2.15. The second kappa shape index (κ2) is 8.16. The molecule has 1 fully saturated rings. The first kappa shape index (κ1) is 18.3. The van der Waals surface area contributed by atoms with Gasteiger partial charge in [-0.15, -0.1) is 0 Å². The van der Waals surface area contributed by atoms with Crippen molar-refractivity contribution in [2.45, 2.75) is 19.8 Å². The molecule has 6 nitrogen and oxygen atoms in total. The van der Waals surface area contributed by atoms with Crippen molar-refractivity contribution in [2.75, 3.05) is 13.2 Å². The maximum absolute atomic E-state index is 12.4. The molecular weight excluding hydrogens is 350 g/mol. The molecule has 1 aliphatic heterocycles. The summed E-state index contributed by atoms with van der Waals surface area (Å²) >= 11 is 6.32. The number of aromatic hydroxyl groups is 1. The SMILES string of the molecule is CCOc1cccc(C=C2SC(=S)N(CCCC(=O)O)C2=O)c1O. The first-order chi connectivity index (χ1) is 11.4. The van der Waals surface area contributed by atoms with Crippen molar-refractivity contribution < 1.29 is 24.5 Å². The van der Waals surface area contributed by atoms with Crippen LogP contribution in [0.15, 0.2) is 23.1 Å². The zero-order valence-corrected chi connectivity index (χ0v) is 14.7. The van der Waals surface area contributed by atoms with E-state index in [-0.39, 0.29) is 24.6 Å². The number of phenols is 1. The number of benzene rings is 1. The molecule has 2 rings (SSSR count).